The summed E-state index contributed by atoms with van der Waals surface area (Å²) < 4.78 is 17.1. The predicted molar refractivity (Wildman–Crippen MR) is 118 cm³/mol. The largest absolute Gasteiger partial charge is 0.365 e. The fourth-order valence-electron chi connectivity index (χ4n) is 4.04. The number of hydrogen-bond acceptors (Lipinski definition) is 3. The van der Waals surface area contributed by atoms with Crippen molar-refractivity contribution in [3.8, 4) is 0 Å². The van der Waals surface area contributed by atoms with Crippen LogP contribution in [0.25, 0.3) is 0 Å². The van der Waals surface area contributed by atoms with Crippen LogP contribution < -0.4 is 0 Å². The Labute approximate surface area is 174 Å². The van der Waals surface area contributed by atoms with Gasteiger partial charge in [-0.2, -0.15) is 0 Å². The Bertz CT molecular complexity index is 376. The first-order valence-corrected chi connectivity index (χ1v) is 12.5. The van der Waals surface area contributed by atoms with E-state index in [1.807, 2.05) is 0 Å². The molecule has 0 bridgehead atoms. The number of rotatable bonds is 18. The first-order valence-electron chi connectivity index (χ1n) is 12.5. The summed E-state index contributed by atoms with van der Waals surface area (Å²) in [6.45, 7) is 3.99. The van der Waals surface area contributed by atoms with Gasteiger partial charge in [-0.3, -0.25) is 0 Å². The maximum atomic E-state index is 5.78. The normalized spacial score (nSPS) is 24.8. The van der Waals surface area contributed by atoms with Crippen LogP contribution >= 0.6 is 0 Å². The molecule has 2 aliphatic rings. The van der Waals surface area contributed by atoms with Crippen molar-refractivity contribution in [3.63, 3.8) is 0 Å². The molecule has 2 fully saturated rings. The predicted octanol–water partition coefficient (Wildman–Crippen LogP) is 7.33. The number of allylic oxidation sites excluding steroid dienone is 1. The van der Waals surface area contributed by atoms with Gasteiger partial charge in [-0.25, -0.2) is 0 Å². The van der Waals surface area contributed by atoms with Crippen molar-refractivity contribution in [1.82, 2.24) is 0 Å². The van der Waals surface area contributed by atoms with E-state index in [1.165, 1.54) is 96.3 Å². The topological polar surface area (TPSA) is 31.0 Å². The lowest BCUT2D eigenvalue weighted by Crippen LogP contribution is -2.22. The third kappa shape index (κ3) is 12.2. The zero-order valence-electron chi connectivity index (χ0n) is 18.5. The van der Waals surface area contributed by atoms with E-state index in [0.717, 1.165) is 26.1 Å². The van der Waals surface area contributed by atoms with Gasteiger partial charge in [0.25, 0.3) is 0 Å². The molecule has 0 spiro atoms. The van der Waals surface area contributed by atoms with Crippen molar-refractivity contribution in [2.24, 2.45) is 0 Å². The Hall–Kier alpha value is -0.380. The van der Waals surface area contributed by atoms with E-state index in [-0.39, 0.29) is 6.29 Å². The number of hydrogen-bond donors (Lipinski definition) is 0. The molecule has 0 aromatic rings. The average molecular weight is 395 g/mol. The Morgan fingerprint density at radius 2 is 1.61 bits per heavy atom. The molecule has 3 heteroatoms. The van der Waals surface area contributed by atoms with Gasteiger partial charge in [-0.05, 0) is 51.4 Å². The van der Waals surface area contributed by atoms with Crippen LogP contribution in [0.2, 0.25) is 0 Å². The van der Waals surface area contributed by atoms with Gasteiger partial charge in [0.2, 0.25) is 0 Å². The molecule has 2 heterocycles. The minimum Gasteiger partial charge on any atom is -0.365 e. The lowest BCUT2D eigenvalue weighted by Gasteiger charge is -2.22. The summed E-state index contributed by atoms with van der Waals surface area (Å²) in [5.74, 6) is 0. The molecule has 0 aromatic carbocycles. The summed E-state index contributed by atoms with van der Waals surface area (Å²) in [7, 11) is 0. The van der Waals surface area contributed by atoms with Crippen molar-refractivity contribution in [2.45, 2.75) is 135 Å². The van der Waals surface area contributed by atoms with Gasteiger partial charge in [-0.1, -0.05) is 76.9 Å². The Morgan fingerprint density at radius 1 is 0.857 bits per heavy atom. The van der Waals surface area contributed by atoms with Gasteiger partial charge in [0, 0.05) is 13.2 Å². The van der Waals surface area contributed by atoms with Crippen LogP contribution in [0.3, 0.4) is 0 Å². The second kappa shape index (κ2) is 16.4. The average Bonchev–Trinajstić information content (AvgIpc) is 3.47. The van der Waals surface area contributed by atoms with Gasteiger partial charge in [0.05, 0.1) is 6.10 Å². The fourth-order valence-corrected chi connectivity index (χ4v) is 4.04. The van der Waals surface area contributed by atoms with Gasteiger partial charge in [0.1, 0.15) is 6.10 Å². The maximum Gasteiger partial charge on any atom is 0.157 e. The van der Waals surface area contributed by atoms with Crippen LogP contribution in [0.1, 0.15) is 116 Å². The Morgan fingerprint density at radius 3 is 2.32 bits per heavy atom. The summed E-state index contributed by atoms with van der Waals surface area (Å²) in [4.78, 5) is 0. The maximum absolute atomic E-state index is 5.78. The zero-order valence-corrected chi connectivity index (χ0v) is 18.5. The molecule has 0 aliphatic carbocycles. The van der Waals surface area contributed by atoms with Crippen LogP contribution in [-0.4, -0.2) is 31.7 Å². The Balaban J connectivity index is 1.29. The third-order valence-electron chi connectivity index (χ3n) is 6.00. The van der Waals surface area contributed by atoms with E-state index in [4.69, 9.17) is 14.2 Å². The molecule has 28 heavy (non-hydrogen) atoms. The van der Waals surface area contributed by atoms with Crippen LogP contribution in [-0.2, 0) is 14.2 Å². The first kappa shape index (κ1) is 23.9. The summed E-state index contributed by atoms with van der Waals surface area (Å²) in [6, 6.07) is 0. The smallest absolute Gasteiger partial charge is 0.157 e. The SMILES string of the molecule is CCCCCCCCCCCCC=C[C@@H]1O[C@H]1CCCCOC1CCCCO1. The van der Waals surface area contributed by atoms with E-state index in [2.05, 4.69) is 19.1 Å². The standard InChI is InChI=1S/C25H46O3/c1-2-3-4-5-6-7-8-9-10-11-12-13-18-23-24(28-23)19-14-16-21-26-25-20-15-17-22-27-25/h13,18,23-25H,2-12,14-17,19-22H2,1H3/t23-,24-,25?/m0/s1. The molecule has 3 atom stereocenters. The second-order valence-electron chi connectivity index (χ2n) is 8.70. The lowest BCUT2D eigenvalue weighted by molar-refractivity contribution is -0.162. The Kier molecular flexibility index (Phi) is 14.0. The van der Waals surface area contributed by atoms with Crippen molar-refractivity contribution >= 4 is 0 Å². The summed E-state index contributed by atoms with van der Waals surface area (Å²) in [6.07, 6.45) is 27.9. The molecule has 0 aromatic heterocycles. The highest BCUT2D eigenvalue weighted by Gasteiger charge is 2.35. The van der Waals surface area contributed by atoms with Gasteiger partial charge < -0.3 is 14.2 Å². The van der Waals surface area contributed by atoms with Crippen LogP contribution in [0.15, 0.2) is 12.2 Å². The number of unbranched alkanes of at least 4 members (excludes halogenated alkanes) is 11. The van der Waals surface area contributed by atoms with Crippen molar-refractivity contribution in [1.29, 1.82) is 0 Å². The highest BCUT2D eigenvalue weighted by Crippen LogP contribution is 2.28. The fraction of sp³-hybridized carbons (Fsp3) is 0.920. The molecular weight excluding hydrogens is 348 g/mol. The third-order valence-corrected chi connectivity index (χ3v) is 6.00. The van der Waals surface area contributed by atoms with E-state index >= 15 is 0 Å². The molecule has 0 radical (unpaired) electrons. The monoisotopic (exact) mass is 394 g/mol. The highest BCUT2D eigenvalue weighted by atomic mass is 16.7. The second-order valence-corrected chi connectivity index (χ2v) is 8.70. The van der Waals surface area contributed by atoms with Crippen LogP contribution in [0.5, 0.6) is 0 Å². The molecule has 3 nitrogen and oxygen atoms in total. The number of epoxide rings is 1. The molecule has 0 amide bonds. The van der Waals surface area contributed by atoms with Crippen molar-refractivity contribution < 1.29 is 14.2 Å². The first-order chi connectivity index (χ1) is 13.9. The molecule has 2 rings (SSSR count). The van der Waals surface area contributed by atoms with Crippen LogP contribution in [0, 0.1) is 0 Å². The van der Waals surface area contributed by atoms with Crippen molar-refractivity contribution in [3.05, 3.63) is 12.2 Å². The van der Waals surface area contributed by atoms with Gasteiger partial charge in [0.15, 0.2) is 6.29 Å². The van der Waals surface area contributed by atoms with Gasteiger partial charge >= 0.3 is 0 Å². The molecular formula is C25H46O3. The summed E-state index contributed by atoms with van der Waals surface area (Å²) in [5.41, 5.74) is 0. The van der Waals surface area contributed by atoms with Crippen LogP contribution in [0.4, 0.5) is 0 Å². The molecule has 164 valence electrons. The molecule has 0 saturated carbocycles. The van der Waals surface area contributed by atoms with E-state index in [9.17, 15) is 0 Å². The summed E-state index contributed by atoms with van der Waals surface area (Å²) in [5, 5.41) is 0. The minimum atomic E-state index is 0.0624. The molecule has 2 saturated heterocycles. The molecule has 2 aliphatic heterocycles. The quantitative estimate of drug-likeness (QED) is 0.138. The summed E-state index contributed by atoms with van der Waals surface area (Å²) >= 11 is 0. The van der Waals surface area contributed by atoms with E-state index in [1.54, 1.807) is 0 Å². The van der Waals surface area contributed by atoms with E-state index < -0.39 is 0 Å². The highest BCUT2D eigenvalue weighted by molar-refractivity contribution is 5.02. The van der Waals surface area contributed by atoms with Gasteiger partial charge in [-0.15, -0.1) is 0 Å². The van der Waals surface area contributed by atoms with Crippen molar-refractivity contribution in [2.75, 3.05) is 13.2 Å². The minimum absolute atomic E-state index is 0.0624. The lowest BCUT2D eigenvalue weighted by atomic mass is 10.1. The molecule has 0 N–H and O–H groups in total. The zero-order chi connectivity index (χ0) is 19.7. The van der Waals surface area contributed by atoms with E-state index in [0.29, 0.717) is 12.2 Å². The molecule has 1 unspecified atom stereocenters. The number of ether oxygens (including phenoxy) is 3.